The third-order valence-electron chi connectivity index (χ3n) is 6.17. The zero-order valence-corrected chi connectivity index (χ0v) is 20.4. The number of nitrogens with zero attached hydrogens (tertiary/aromatic N) is 2. The van der Waals surface area contributed by atoms with Crippen LogP contribution in [0.3, 0.4) is 0 Å². The Labute approximate surface area is 202 Å². The van der Waals surface area contributed by atoms with Crippen LogP contribution >= 0.6 is 0 Å². The van der Waals surface area contributed by atoms with Gasteiger partial charge in [-0.1, -0.05) is 30.3 Å². The summed E-state index contributed by atoms with van der Waals surface area (Å²) in [6.45, 7) is 0.944. The van der Waals surface area contributed by atoms with Crippen LogP contribution in [0.5, 0.6) is 0 Å². The molecular formula is C24H28N4O6S. The second kappa shape index (κ2) is 10.1. The number of nitrogens with one attached hydrogen (secondary N) is 2. The fourth-order valence-corrected chi connectivity index (χ4v) is 5.40. The van der Waals surface area contributed by atoms with Crippen molar-refractivity contribution >= 4 is 26.8 Å². The van der Waals surface area contributed by atoms with E-state index in [1.807, 2.05) is 30.3 Å². The van der Waals surface area contributed by atoms with Gasteiger partial charge in [0.1, 0.15) is 6.04 Å². The Morgan fingerprint density at radius 2 is 1.86 bits per heavy atom. The minimum absolute atomic E-state index is 0.0833. The molecule has 186 valence electrons. The molecule has 2 atom stereocenters. The first-order valence-corrected chi connectivity index (χ1v) is 12.8. The minimum atomic E-state index is -4.18. The van der Waals surface area contributed by atoms with Crippen molar-refractivity contribution in [3.63, 3.8) is 0 Å². The smallest absolute Gasteiger partial charge is 0.330 e. The fraction of sp³-hybridized carbons (Fsp3) is 0.375. The van der Waals surface area contributed by atoms with Crippen LogP contribution in [0.2, 0.25) is 0 Å². The Balaban J connectivity index is 1.64. The summed E-state index contributed by atoms with van der Waals surface area (Å²) in [6.07, 6.45) is 1.81. The van der Waals surface area contributed by atoms with Gasteiger partial charge in [0, 0.05) is 27.2 Å². The van der Waals surface area contributed by atoms with E-state index in [4.69, 9.17) is 4.74 Å². The maximum absolute atomic E-state index is 13.3. The molecule has 0 saturated carbocycles. The van der Waals surface area contributed by atoms with Gasteiger partial charge in [0.05, 0.1) is 21.9 Å². The monoisotopic (exact) mass is 500 g/mol. The van der Waals surface area contributed by atoms with Gasteiger partial charge >= 0.3 is 5.69 Å². The maximum Gasteiger partial charge on any atom is 0.330 e. The summed E-state index contributed by atoms with van der Waals surface area (Å²) in [6, 6.07) is 12.0. The second-order valence-corrected chi connectivity index (χ2v) is 10.3. The lowest BCUT2D eigenvalue weighted by Crippen LogP contribution is -2.49. The van der Waals surface area contributed by atoms with Crippen LogP contribution in [0.25, 0.3) is 10.9 Å². The predicted octanol–water partition coefficient (Wildman–Crippen LogP) is 0.422. The molecule has 4 rings (SSSR count). The first-order chi connectivity index (χ1) is 16.7. The number of benzene rings is 2. The molecule has 1 amide bonds. The van der Waals surface area contributed by atoms with Crippen LogP contribution in [0.1, 0.15) is 18.4 Å². The van der Waals surface area contributed by atoms with Gasteiger partial charge in [-0.2, -0.15) is 4.72 Å². The van der Waals surface area contributed by atoms with Gasteiger partial charge in [0.25, 0.3) is 5.56 Å². The first kappa shape index (κ1) is 24.8. The Kier molecular flexibility index (Phi) is 7.20. The summed E-state index contributed by atoms with van der Waals surface area (Å²) in [4.78, 5) is 37.6. The summed E-state index contributed by atoms with van der Waals surface area (Å²) in [5.41, 5.74) is -0.0144. The largest absolute Gasteiger partial charge is 0.376 e. The van der Waals surface area contributed by atoms with Gasteiger partial charge in [0.2, 0.25) is 15.9 Å². The third kappa shape index (κ3) is 5.37. The number of hydrogen-bond acceptors (Lipinski definition) is 6. The molecule has 1 fully saturated rings. The first-order valence-electron chi connectivity index (χ1n) is 11.3. The molecule has 2 N–H and O–H groups in total. The number of rotatable bonds is 8. The van der Waals surface area contributed by atoms with E-state index in [-0.39, 0.29) is 22.8 Å². The number of sulfonamides is 1. The average Bonchev–Trinajstić information content (AvgIpc) is 3.38. The topological polar surface area (TPSA) is 128 Å². The van der Waals surface area contributed by atoms with E-state index in [0.717, 1.165) is 23.0 Å². The van der Waals surface area contributed by atoms with Crippen LogP contribution in [-0.2, 0) is 40.1 Å². The van der Waals surface area contributed by atoms with Crippen molar-refractivity contribution < 1.29 is 17.9 Å². The zero-order chi connectivity index (χ0) is 25.2. The molecule has 2 heterocycles. The van der Waals surface area contributed by atoms with Gasteiger partial charge in [-0.15, -0.1) is 0 Å². The highest BCUT2D eigenvalue weighted by molar-refractivity contribution is 7.89. The molecule has 3 aromatic rings. The van der Waals surface area contributed by atoms with Crippen molar-refractivity contribution in [2.24, 2.45) is 14.1 Å². The van der Waals surface area contributed by atoms with Gasteiger partial charge in [-0.25, -0.2) is 13.2 Å². The summed E-state index contributed by atoms with van der Waals surface area (Å²) in [5.74, 6) is -0.466. The number of fused-ring (bicyclic) bond motifs is 1. The van der Waals surface area contributed by atoms with Crippen molar-refractivity contribution in [2.45, 2.75) is 36.3 Å². The van der Waals surface area contributed by atoms with Crippen LogP contribution in [0.15, 0.2) is 63.0 Å². The molecule has 0 aliphatic carbocycles. The number of carbonyl (C=O) groups excluding carboxylic acids is 1. The Morgan fingerprint density at radius 1 is 1.11 bits per heavy atom. The highest BCUT2D eigenvalue weighted by atomic mass is 32.2. The van der Waals surface area contributed by atoms with E-state index in [0.29, 0.717) is 18.7 Å². The molecule has 1 saturated heterocycles. The van der Waals surface area contributed by atoms with Crippen molar-refractivity contribution in [3.8, 4) is 0 Å². The van der Waals surface area contributed by atoms with E-state index >= 15 is 0 Å². The quantitative estimate of drug-likeness (QED) is 0.461. The van der Waals surface area contributed by atoms with Gasteiger partial charge in [0.15, 0.2) is 0 Å². The number of carbonyl (C=O) groups is 1. The van der Waals surface area contributed by atoms with E-state index in [1.165, 1.54) is 36.9 Å². The summed E-state index contributed by atoms with van der Waals surface area (Å²) >= 11 is 0. The highest BCUT2D eigenvalue weighted by Crippen LogP contribution is 2.17. The molecule has 1 aliphatic heterocycles. The van der Waals surface area contributed by atoms with Crippen LogP contribution in [0, 0.1) is 0 Å². The number of ether oxygens (including phenoxy) is 1. The molecule has 2 aromatic carbocycles. The van der Waals surface area contributed by atoms with E-state index in [1.54, 1.807) is 0 Å². The molecule has 0 radical (unpaired) electrons. The minimum Gasteiger partial charge on any atom is -0.376 e. The molecule has 0 bridgehead atoms. The summed E-state index contributed by atoms with van der Waals surface area (Å²) in [7, 11) is -1.35. The standard InChI is InChI=1S/C24H28N4O6S/c1-27-21-11-10-18(14-19(21)23(30)28(2)24(27)31)35(32,33)26-20(13-16-7-4-3-5-8-16)22(29)25-15-17-9-6-12-34-17/h3-5,7-8,10-11,14,17,20,26H,6,9,12-13,15H2,1-2H3,(H,25,29)/t17-,20-/m1/s1. The molecule has 0 unspecified atom stereocenters. The molecule has 35 heavy (non-hydrogen) atoms. The molecule has 11 heteroatoms. The Hall–Kier alpha value is -3.28. The zero-order valence-electron chi connectivity index (χ0n) is 19.6. The second-order valence-electron chi connectivity index (χ2n) is 8.63. The summed E-state index contributed by atoms with van der Waals surface area (Å²) < 4.78 is 36.8. The van der Waals surface area contributed by atoms with Crippen molar-refractivity contribution in [3.05, 3.63) is 74.9 Å². The molecule has 0 spiro atoms. The number of aryl methyl sites for hydroxylation is 1. The molecular weight excluding hydrogens is 472 g/mol. The van der Waals surface area contributed by atoms with Crippen LogP contribution < -0.4 is 21.3 Å². The molecule has 1 aliphatic rings. The lowest BCUT2D eigenvalue weighted by atomic mass is 10.1. The maximum atomic E-state index is 13.3. The number of aromatic nitrogens is 2. The van der Waals surface area contributed by atoms with Crippen LogP contribution in [0.4, 0.5) is 0 Å². The van der Waals surface area contributed by atoms with Gasteiger partial charge in [-0.3, -0.25) is 18.7 Å². The normalized spacial score (nSPS) is 16.9. The van der Waals surface area contributed by atoms with E-state index < -0.39 is 33.2 Å². The number of amides is 1. The average molecular weight is 501 g/mol. The van der Waals surface area contributed by atoms with Crippen molar-refractivity contribution in [1.82, 2.24) is 19.2 Å². The molecule has 1 aromatic heterocycles. The fourth-order valence-electron chi connectivity index (χ4n) is 4.18. The number of hydrogen-bond donors (Lipinski definition) is 2. The predicted molar refractivity (Wildman–Crippen MR) is 131 cm³/mol. The lowest BCUT2D eigenvalue weighted by molar-refractivity contribution is -0.123. The Morgan fingerprint density at radius 3 is 2.54 bits per heavy atom. The van der Waals surface area contributed by atoms with Crippen molar-refractivity contribution in [2.75, 3.05) is 13.2 Å². The van der Waals surface area contributed by atoms with Gasteiger partial charge < -0.3 is 10.1 Å². The highest BCUT2D eigenvalue weighted by Gasteiger charge is 2.28. The van der Waals surface area contributed by atoms with Crippen LogP contribution in [-0.4, -0.2) is 48.8 Å². The van der Waals surface area contributed by atoms with E-state index in [2.05, 4.69) is 10.0 Å². The summed E-state index contributed by atoms with van der Waals surface area (Å²) in [5, 5.41) is 2.88. The lowest BCUT2D eigenvalue weighted by Gasteiger charge is -2.20. The third-order valence-corrected chi connectivity index (χ3v) is 7.64. The van der Waals surface area contributed by atoms with Gasteiger partial charge in [-0.05, 0) is 43.0 Å². The van der Waals surface area contributed by atoms with E-state index in [9.17, 15) is 22.8 Å². The van der Waals surface area contributed by atoms with Crippen molar-refractivity contribution in [1.29, 1.82) is 0 Å². The Bertz CT molecular complexity index is 1460. The molecule has 10 nitrogen and oxygen atoms in total. The SMILES string of the molecule is Cn1c(=O)c2cc(S(=O)(=O)N[C@H](Cc3ccccc3)C(=O)NC[C@H]3CCCO3)ccc2n(C)c1=O.